The first-order chi connectivity index (χ1) is 13.9. The lowest BCUT2D eigenvalue weighted by atomic mass is 9.88. The summed E-state index contributed by atoms with van der Waals surface area (Å²) in [5, 5.41) is 2.94. The van der Waals surface area contributed by atoms with Gasteiger partial charge in [-0.2, -0.15) is 0 Å². The largest absolute Gasteiger partial charge is 0.458 e. The predicted octanol–water partition coefficient (Wildman–Crippen LogP) is 3.16. The van der Waals surface area contributed by atoms with Crippen LogP contribution in [0.2, 0.25) is 0 Å². The minimum atomic E-state index is -0.922. The molecule has 0 aromatic rings. The predicted molar refractivity (Wildman–Crippen MR) is 123 cm³/mol. The second kappa shape index (κ2) is 10.1. The molecule has 1 heterocycles. The van der Waals surface area contributed by atoms with Gasteiger partial charge in [-0.15, -0.1) is 0 Å². The van der Waals surface area contributed by atoms with Gasteiger partial charge in [-0.1, -0.05) is 26.1 Å². The van der Waals surface area contributed by atoms with E-state index in [-0.39, 0.29) is 23.2 Å². The zero-order valence-corrected chi connectivity index (χ0v) is 21.1. The van der Waals surface area contributed by atoms with Gasteiger partial charge in [0, 0.05) is 12.8 Å². The lowest BCUT2D eigenvalue weighted by Crippen LogP contribution is -2.58. The average Bonchev–Trinajstić information content (AvgIpc) is 2.90. The number of amides is 2. The highest BCUT2D eigenvalue weighted by Crippen LogP contribution is 2.36. The van der Waals surface area contributed by atoms with E-state index in [1.54, 1.807) is 41.5 Å². The van der Waals surface area contributed by atoms with Crippen molar-refractivity contribution in [2.24, 2.45) is 17.6 Å². The molecule has 1 fully saturated rings. The first-order valence-corrected chi connectivity index (χ1v) is 11.1. The van der Waals surface area contributed by atoms with Gasteiger partial charge in [-0.05, 0) is 60.3 Å². The Morgan fingerprint density at radius 2 is 1.61 bits per heavy atom. The quantitative estimate of drug-likeness (QED) is 0.465. The Balaban J connectivity index is 3.52. The Hall–Kier alpha value is -1.90. The summed E-state index contributed by atoms with van der Waals surface area (Å²) in [7, 11) is 0. The molecule has 1 aliphatic rings. The summed E-state index contributed by atoms with van der Waals surface area (Å²) in [6.45, 7) is 16.0. The third kappa shape index (κ3) is 8.27. The molecular weight excluding hydrogens is 418 g/mol. The summed E-state index contributed by atoms with van der Waals surface area (Å²) in [5.41, 5.74) is 4.55. The first-order valence-electron chi connectivity index (χ1n) is 10.7. The number of rotatable bonds is 6. The van der Waals surface area contributed by atoms with Crippen molar-refractivity contribution in [1.82, 2.24) is 10.2 Å². The lowest BCUT2D eigenvalue weighted by molar-refractivity contribution is -0.160. The summed E-state index contributed by atoms with van der Waals surface area (Å²) in [6.07, 6.45) is 0.123. The highest BCUT2D eigenvalue weighted by atomic mass is 32.1. The molecule has 9 heteroatoms. The molecular formula is C22H39N3O5S. The molecule has 31 heavy (non-hydrogen) atoms. The van der Waals surface area contributed by atoms with Crippen LogP contribution in [0.5, 0.6) is 0 Å². The van der Waals surface area contributed by atoms with E-state index in [1.165, 1.54) is 11.8 Å². The molecule has 8 nitrogen and oxygen atoms in total. The third-order valence-corrected chi connectivity index (χ3v) is 5.02. The van der Waals surface area contributed by atoms with Crippen LogP contribution in [0.3, 0.4) is 0 Å². The maximum Gasteiger partial charge on any atom is 0.411 e. The summed E-state index contributed by atoms with van der Waals surface area (Å²) in [4.78, 5) is 39.9. The molecule has 1 rings (SSSR count). The Morgan fingerprint density at radius 3 is 2.00 bits per heavy atom. The monoisotopic (exact) mass is 457 g/mol. The number of likely N-dealkylation sites (tertiary alicyclic amines) is 1. The highest BCUT2D eigenvalue weighted by Gasteiger charge is 2.53. The van der Waals surface area contributed by atoms with Gasteiger partial charge in [0.2, 0.25) is 5.91 Å². The smallest absolute Gasteiger partial charge is 0.411 e. The van der Waals surface area contributed by atoms with E-state index in [0.717, 1.165) is 0 Å². The van der Waals surface area contributed by atoms with E-state index in [4.69, 9.17) is 27.4 Å². The topological polar surface area (TPSA) is 111 Å². The maximum absolute atomic E-state index is 13.3. The average molecular weight is 458 g/mol. The number of nitrogens with two attached hydrogens (primary N) is 1. The Labute approximate surface area is 191 Å². The highest BCUT2D eigenvalue weighted by molar-refractivity contribution is 7.80. The molecule has 0 aromatic heterocycles. The van der Waals surface area contributed by atoms with E-state index in [2.05, 4.69) is 5.32 Å². The summed E-state index contributed by atoms with van der Waals surface area (Å²) < 4.78 is 11.2. The van der Waals surface area contributed by atoms with Crippen LogP contribution in [0, 0.1) is 11.8 Å². The van der Waals surface area contributed by atoms with Gasteiger partial charge in [0.05, 0.1) is 17.1 Å². The van der Waals surface area contributed by atoms with Gasteiger partial charge in [0.25, 0.3) is 0 Å². The van der Waals surface area contributed by atoms with E-state index < -0.39 is 47.3 Å². The van der Waals surface area contributed by atoms with E-state index >= 15 is 0 Å². The van der Waals surface area contributed by atoms with Crippen molar-refractivity contribution < 1.29 is 23.9 Å². The zero-order valence-electron chi connectivity index (χ0n) is 20.3. The van der Waals surface area contributed by atoms with Gasteiger partial charge in [-0.3, -0.25) is 9.69 Å². The molecule has 2 amide bonds. The zero-order chi connectivity index (χ0) is 24.3. The fraction of sp³-hybridized carbons (Fsp3) is 0.818. The molecule has 0 aromatic carbocycles. The number of carbonyl (C=O) groups is 3. The Morgan fingerprint density at radius 1 is 1.10 bits per heavy atom. The van der Waals surface area contributed by atoms with Crippen molar-refractivity contribution in [3.63, 3.8) is 0 Å². The molecule has 0 aliphatic carbocycles. The number of carbonyl (C=O) groups excluding carboxylic acids is 3. The van der Waals surface area contributed by atoms with Crippen LogP contribution in [-0.2, 0) is 19.1 Å². The van der Waals surface area contributed by atoms with Crippen LogP contribution in [0.1, 0.15) is 75.2 Å². The van der Waals surface area contributed by atoms with Crippen molar-refractivity contribution >= 4 is 35.2 Å². The maximum atomic E-state index is 13.3. The van der Waals surface area contributed by atoms with Crippen LogP contribution in [0.4, 0.5) is 4.79 Å². The summed E-state index contributed by atoms with van der Waals surface area (Å²) in [5.74, 6) is -1.05. The van der Waals surface area contributed by atoms with Gasteiger partial charge in [0.15, 0.2) is 0 Å². The van der Waals surface area contributed by atoms with Crippen molar-refractivity contribution in [2.75, 3.05) is 0 Å². The molecule has 0 radical (unpaired) electrons. The van der Waals surface area contributed by atoms with Gasteiger partial charge < -0.3 is 20.5 Å². The van der Waals surface area contributed by atoms with E-state index in [1.807, 2.05) is 13.8 Å². The second-order valence-electron chi connectivity index (χ2n) is 10.6. The SMILES string of the molecule is CC(=O)N[C@@H](CC(C)C)[C@H]1[C@H](C(N)=S)C[C@H](C(=O)OC(C)(C)C)N1C(=O)OC(C)(C)C. The fourth-order valence-electron chi connectivity index (χ4n) is 3.85. The lowest BCUT2D eigenvalue weighted by Gasteiger charge is -2.38. The van der Waals surface area contributed by atoms with Crippen LogP contribution < -0.4 is 11.1 Å². The van der Waals surface area contributed by atoms with Crippen LogP contribution in [-0.4, -0.2) is 57.2 Å². The molecule has 0 spiro atoms. The second-order valence-corrected chi connectivity index (χ2v) is 11.1. The molecule has 178 valence electrons. The van der Waals surface area contributed by atoms with E-state index in [9.17, 15) is 14.4 Å². The Bertz CT molecular complexity index is 696. The molecule has 1 aliphatic heterocycles. The minimum absolute atomic E-state index is 0.184. The number of thiocarbonyl (C=S) groups is 1. The fourth-order valence-corrected chi connectivity index (χ4v) is 4.09. The summed E-state index contributed by atoms with van der Waals surface area (Å²) >= 11 is 5.31. The molecule has 1 saturated heterocycles. The molecule has 0 saturated carbocycles. The number of nitrogens with one attached hydrogen (secondary N) is 1. The van der Waals surface area contributed by atoms with Crippen molar-refractivity contribution in [1.29, 1.82) is 0 Å². The number of esters is 1. The van der Waals surface area contributed by atoms with Gasteiger partial charge in [-0.25, -0.2) is 9.59 Å². The van der Waals surface area contributed by atoms with Crippen molar-refractivity contribution in [3.05, 3.63) is 0 Å². The van der Waals surface area contributed by atoms with Gasteiger partial charge in [0.1, 0.15) is 17.2 Å². The molecule has 4 atom stereocenters. The standard InChI is InChI=1S/C22H39N3O5S/c1-12(2)10-15(24-13(3)26)17-14(18(23)31)11-16(19(27)29-21(4,5)6)25(17)20(28)30-22(7,8)9/h12,14-17H,10-11H2,1-9H3,(H2,23,31)(H,24,26)/t14-,15+,16-,17-/m1/s1. The van der Waals surface area contributed by atoms with Gasteiger partial charge >= 0.3 is 12.1 Å². The van der Waals surface area contributed by atoms with E-state index in [0.29, 0.717) is 6.42 Å². The van der Waals surface area contributed by atoms with Crippen molar-refractivity contribution in [2.45, 2.75) is 104 Å². The number of hydrogen-bond donors (Lipinski definition) is 2. The molecule has 3 N–H and O–H groups in total. The number of hydrogen-bond acceptors (Lipinski definition) is 6. The van der Waals surface area contributed by atoms with Crippen LogP contribution in [0.15, 0.2) is 0 Å². The van der Waals surface area contributed by atoms with Crippen molar-refractivity contribution in [3.8, 4) is 0 Å². The Kier molecular flexibility index (Phi) is 8.88. The number of ether oxygens (including phenoxy) is 2. The summed E-state index contributed by atoms with van der Waals surface area (Å²) in [6, 6.07) is -2.01. The van der Waals surface area contributed by atoms with Crippen LogP contribution >= 0.6 is 12.2 Å². The normalized spacial score (nSPS) is 22.8. The minimum Gasteiger partial charge on any atom is -0.458 e. The van der Waals surface area contributed by atoms with Crippen LogP contribution in [0.25, 0.3) is 0 Å². The number of nitrogens with zero attached hydrogens (tertiary/aromatic N) is 1. The third-order valence-electron chi connectivity index (χ3n) is 4.72. The first kappa shape index (κ1) is 27.1. The molecule has 0 bridgehead atoms. The molecule has 0 unspecified atom stereocenters.